The summed E-state index contributed by atoms with van der Waals surface area (Å²) in [6, 6.07) is 4.28. The first-order valence-electron chi connectivity index (χ1n) is 7.11. The largest absolute Gasteiger partial charge is 0.345 e. The first-order chi connectivity index (χ1) is 9.97. The molecule has 21 heavy (non-hydrogen) atoms. The third-order valence-electron chi connectivity index (χ3n) is 4.11. The second kappa shape index (κ2) is 6.43. The number of carbonyl (C=O) groups is 1. The molecule has 5 nitrogen and oxygen atoms in total. The Morgan fingerprint density at radius 3 is 2.57 bits per heavy atom. The Balaban J connectivity index is 2.18. The predicted octanol–water partition coefficient (Wildman–Crippen LogP) is 3.57. The molecule has 0 atom stereocenters. The standard InChI is InChI=1S/C15H19ClN2O3/c1-11-9-12(18(20)21)5-6-13(11)14(19)17-15(10-16)7-3-2-4-8-15/h5-6,9H,2-4,7-8,10H2,1H3,(H,17,19). The van der Waals surface area contributed by atoms with Crippen molar-refractivity contribution in [3.63, 3.8) is 0 Å². The maximum absolute atomic E-state index is 12.4. The zero-order valence-electron chi connectivity index (χ0n) is 12.0. The van der Waals surface area contributed by atoms with Crippen LogP contribution in [0.15, 0.2) is 18.2 Å². The van der Waals surface area contributed by atoms with E-state index in [1.54, 1.807) is 6.92 Å². The van der Waals surface area contributed by atoms with Gasteiger partial charge in [-0.3, -0.25) is 14.9 Å². The number of hydrogen-bond donors (Lipinski definition) is 1. The molecule has 0 saturated heterocycles. The molecule has 2 rings (SSSR count). The second-order valence-electron chi connectivity index (χ2n) is 5.69. The van der Waals surface area contributed by atoms with Gasteiger partial charge < -0.3 is 5.32 Å². The molecule has 0 unspecified atom stereocenters. The lowest BCUT2D eigenvalue weighted by atomic mass is 9.83. The summed E-state index contributed by atoms with van der Waals surface area (Å²) in [6.45, 7) is 1.70. The maximum Gasteiger partial charge on any atom is 0.269 e. The van der Waals surface area contributed by atoms with Gasteiger partial charge in [0.2, 0.25) is 0 Å². The van der Waals surface area contributed by atoms with Gasteiger partial charge in [-0.25, -0.2) is 0 Å². The number of non-ortho nitro benzene ring substituents is 1. The van der Waals surface area contributed by atoms with Crippen LogP contribution in [0.4, 0.5) is 5.69 Å². The predicted molar refractivity (Wildman–Crippen MR) is 81.8 cm³/mol. The number of aryl methyl sites for hydroxylation is 1. The van der Waals surface area contributed by atoms with Gasteiger partial charge in [-0.1, -0.05) is 19.3 Å². The Morgan fingerprint density at radius 2 is 2.05 bits per heavy atom. The second-order valence-corrected chi connectivity index (χ2v) is 5.95. The minimum absolute atomic E-state index is 0.00577. The van der Waals surface area contributed by atoms with Crippen LogP contribution in [0.25, 0.3) is 0 Å². The summed E-state index contributed by atoms with van der Waals surface area (Å²) in [5, 5.41) is 13.8. The normalized spacial score (nSPS) is 17.2. The molecule has 0 spiro atoms. The number of nitro benzene ring substituents is 1. The van der Waals surface area contributed by atoms with Gasteiger partial charge in [0.15, 0.2) is 0 Å². The third-order valence-corrected chi connectivity index (χ3v) is 4.62. The van der Waals surface area contributed by atoms with Crippen LogP contribution >= 0.6 is 11.6 Å². The highest BCUT2D eigenvalue weighted by atomic mass is 35.5. The summed E-state index contributed by atoms with van der Waals surface area (Å²) in [6.07, 6.45) is 5.06. The smallest absolute Gasteiger partial charge is 0.269 e. The van der Waals surface area contributed by atoms with Crippen molar-refractivity contribution in [1.82, 2.24) is 5.32 Å². The van der Waals surface area contributed by atoms with Gasteiger partial charge in [0, 0.05) is 23.6 Å². The van der Waals surface area contributed by atoms with Crippen LogP contribution in [0, 0.1) is 17.0 Å². The van der Waals surface area contributed by atoms with Crippen LogP contribution < -0.4 is 5.32 Å². The zero-order valence-corrected chi connectivity index (χ0v) is 12.8. The average molecular weight is 311 g/mol. The number of halogens is 1. The van der Waals surface area contributed by atoms with E-state index in [4.69, 9.17) is 11.6 Å². The number of alkyl halides is 1. The number of amides is 1. The van der Waals surface area contributed by atoms with Crippen molar-refractivity contribution in [2.45, 2.75) is 44.6 Å². The van der Waals surface area contributed by atoms with Crippen molar-refractivity contribution in [1.29, 1.82) is 0 Å². The van der Waals surface area contributed by atoms with E-state index in [1.165, 1.54) is 24.6 Å². The summed E-state index contributed by atoms with van der Waals surface area (Å²) in [5.74, 6) is 0.190. The Labute approximate surface area is 128 Å². The van der Waals surface area contributed by atoms with E-state index in [1.807, 2.05) is 0 Å². The number of benzene rings is 1. The molecule has 0 aromatic heterocycles. The van der Waals surface area contributed by atoms with Gasteiger partial charge in [-0.2, -0.15) is 0 Å². The highest BCUT2D eigenvalue weighted by molar-refractivity contribution is 6.19. The number of hydrogen-bond acceptors (Lipinski definition) is 3. The van der Waals surface area contributed by atoms with E-state index < -0.39 is 4.92 Å². The minimum Gasteiger partial charge on any atom is -0.345 e. The van der Waals surface area contributed by atoms with Crippen molar-refractivity contribution in [3.05, 3.63) is 39.4 Å². The summed E-state index contributed by atoms with van der Waals surface area (Å²) < 4.78 is 0. The van der Waals surface area contributed by atoms with E-state index in [2.05, 4.69) is 5.32 Å². The minimum atomic E-state index is -0.462. The van der Waals surface area contributed by atoms with Crippen LogP contribution in [0.3, 0.4) is 0 Å². The molecule has 1 saturated carbocycles. The lowest BCUT2D eigenvalue weighted by Gasteiger charge is -2.36. The molecule has 114 valence electrons. The molecule has 1 aliphatic rings. The Hall–Kier alpha value is -1.62. The molecule has 1 N–H and O–H groups in total. The highest BCUT2D eigenvalue weighted by Crippen LogP contribution is 2.30. The fourth-order valence-electron chi connectivity index (χ4n) is 2.84. The van der Waals surface area contributed by atoms with Gasteiger partial charge in [0.05, 0.1) is 10.5 Å². The van der Waals surface area contributed by atoms with Gasteiger partial charge in [-0.05, 0) is 31.4 Å². The van der Waals surface area contributed by atoms with Crippen molar-refractivity contribution < 1.29 is 9.72 Å². The SMILES string of the molecule is Cc1cc([N+](=O)[O-])ccc1C(=O)NC1(CCl)CCCCC1. The van der Waals surface area contributed by atoms with E-state index in [-0.39, 0.29) is 17.1 Å². The number of nitrogens with zero attached hydrogens (tertiary/aromatic N) is 1. The number of carbonyl (C=O) groups excluding carboxylic acids is 1. The van der Waals surface area contributed by atoms with Crippen LogP contribution in [-0.2, 0) is 0 Å². The van der Waals surface area contributed by atoms with Gasteiger partial charge in [0.1, 0.15) is 0 Å². The van der Waals surface area contributed by atoms with E-state index in [0.29, 0.717) is 17.0 Å². The monoisotopic (exact) mass is 310 g/mol. The Kier molecular flexibility index (Phi) is 4.83. The Morgan fingerprint density at radius 1 is 1.38 bits per heavy atom. The van der Waals surface area contributed by atoms with Gasteiger partial charge in [-0.15, -0.1) is 11.6 Å². The Bertz CT molecular complexity index is 554. The van der Waals surface area contributed by atoms with Crippen LogP contribution in [0.5, 0.6) is 0 Å². The van der Waals surface area contributed by atoms with Gasteiger partial charge >= 0.3 is 0 Å². The van der Waals surface area contributed by atoms with Crippen molar-refractivity contribution >= 4 is 23.2 Å². The van der Waals surface area contributed by atoms with Crippen molar-refractivity contribution in [3.8, 4) is 0 Å². The van der Waals surface area contributed by atoms with Gasteiger partial charge in [0.25, 0.3) is 11.6 Å². The van der Waals surface area contributed by atoms with E-state index >= 15 is 0 Å². The summed E-state index contributed by atoms with van der Waals surface area (Å²) in [7, 11) is 0. The van der Waals surface area contributed by atoms with Crippen LogP contribution in [0.2, 0.25) is 0 Å². The first-order valence-corrected chi connectivity index (χ1v) is 7.64. The van der Waals surface area contributed by atoms with E-state index in [9.17, 15) is 14.9 Å². The van der Waals surface area contributed by atoms with Crippen LogP contribution in [0.1, 0.15) is 48.0 Å². The molecule has 0 aliphatic heterocycles. The molecule has 1 aliphatic carbocycles. The lowest BCUT2D eigenvalue weighted by Crippen LogP contribution is -2.51. The third kappa shape index (κ3) is 3.53. The lowest BCUT2D eigenvalue weighted by molar-refractivity contribution is -0.384. The summed E-state index contributed by atoms with van der Waals surface area (Å²) >= 11 is 6.07. The number of nitro groups is 1. The van der Waals surface area contributed by atoms with Crippen LogP contribution in [-0.4, -0.2) is 22.2 Å². The average Bonchev–Trinajstić information content (AvgIpc) is 2.47. The molecule has 6 heteroatoms. The highest BCUT2D eigenvalue weighted by Gasteiger charge is 2.33. The fourth-order valence-corrected chi connectivity index (χ4v) is 3.18. The van der Waals surface area contributed by atoms with Crippen molar-refractivity contribution in [2.24, 2.45) is 0 Å². The summed E-state index contributed by atoms with van der Waals surface area (Å²) in [4.78, 5) is 22.7. The molecule has 0 bridgehead atoms. The molecular formula is C15H19ClN2O3. The zero-order chi connectivity index (χ0) is 15.5. The maximum atomic E-state index is 12.4. The molecule has 0 radical (unpaired) electrons. The molecular weight excluding hydrogens is 292 g/mol. The molecule has 1 aromatic rings. The first kappa shape index (κ1) is 15.8. The fraction of sp³-hybridized carbons (Fsp3) is 0.533. The molecule has 1 amide bonds. The number of rotatable bonds is 4. The summed E-state index contributed by atoms with van der Waals surface area (Å²) in [5.41, 5.74) is 0.720. The van der Waals surface area contributed by atoms with E-state index in [0.717, 1.165) is 25.7 Å². The molecule has 1 fully saturated rings. The number of nitrogens with one attached hydrogen (secondary N) is 1. The quantitative estimate of drug-likeness (QED) is 0.525. The molecule has 0 heterocycles. The van der Waals surface area contributed by atoms with Crippen molar-refractivity contribution in [2.75, 3.05) is 5.88 Å². The molecule has 1 aromatic carbocycles. The topological polar surface area (TPSA) is 72.2 Å².